The number of rotatable bonds is 3. The van der Waals surface area contributed by atoms with E-state index in [-0.39, 0.29) is 17.7 Å². The summed E-state index contributed by atoms with van der Waals surface area (Å²) in [5.41, 5.74) is 0.643. The van der Waals surface area contributed by atoms with Gasteiger partial charge in [0.25, 0.3) is 0 Å². The van der Waals surface area contributed by atoms with E-state index in [0.717, 1.165) is 12.2 Å². The third kappa shape index (κ3) is 2.36. The van der Waals surface area contributed by atoms with Gasteiger partial charge in [-0.3, -0.25) is 0 Å². The molecule has 6 heteroatoms. The molecule has 0 radical (unpaired) electrons. The van der Waals surface area contributed by atoms with Crippen molar-refractivity contribution in [2.75, 3.05) is 18.6 Å². The van der Waals surface area contributed by atoms with Crippen LogP contribution in [0.4, 0.5) is 10.1 Å². The summed E-state index contributed by atoms with van der Waals surface area (Å²) < 4.78 is 19.3. The van der Waals surface area contributed by atoms with Crippen LogP contribution in [0, 0.1) is 17.1 Å². The molecule has 0 aliphatic carbocycles. The van der Waals surface area contributed by atoms with E-state index < -0.39 is 5.82 Å². The predicted molar refractivity (Wildman–Crippen MR) is 75.2 cm³/mol. The molecule has 1 fully saturated rings. The van der Waals surface area contributed by atoms with Crippen molar-refractivity contribution in [3.63, 3.8) is 0 Å². The molecule has 1 N–H and O–H groups in total. The molecule has 2 atom stereocenters. The lowest BCUT2D eigenvalue weighted by atomic mass is 10.1. The molecule has 3 rings (SSSR count). The SMILES string of the molecule is CO[C@@H]1CC(c2ncc[nH]2)N(c2cccc(F)c2C#N)C1. The van der Waals surface area contributed by atoms with E-state index in [4.69, 9.17) is 4.74 Å². The highest BCUT2D eigenvalue weighted by Gasteiger charge is 2.36. The molecule has 0 spiro atoms. The van der Waals surface area contributed by atoms with Gasteiger partial charge in [0.1, 0.15) is 23.3 Å². The Morgan fingerprint density at radius 2 is 2.38 bits per heavy atom. The lowest BCUT2D eigenvalue weighted by Crippen LogP contribution is -2.26. The van der Waals surface area contributed by atoms with E-state index in [1.807, 2.05) is 11.0 Å². The number of nitrogens with one attached hydrogen (secondary N) is 1. The Hall–Kier alpha value is -2.39. The smallest absolute Gasteiger partial charge is 0.143 e. The van der Waals surface area contributed by atoms with E-state index in [2.05, 4.69) is 9.97 Å². The zero-order valence-electron chi connectivity index (χ0n) is 11.6. The summed E-state index contributed by atoms with van der Waals surface area (Å²) in [6.07, 6.45) is 4.20. The summed E-state index contributed by atoms with van der Waals surface area (Å²) >= 11 is 0. The van der Waals surface area contributed by atoms with Crippen molar-refractivity contribution in [2.45, 2.75) is 18.6 Å². The molecule has 2 heterocycles. The largest absolute Gasteiger partial charge is 0.380 e. The summed E-state index contributed by atoms with van der Waals surface area (Å²) in [7, 11) is 1.66. The Labute approximate surface area is 122 Å². The normalized spacial score (nSPS) is 21.5. The second-order valence-electron chi connectivity index (χ2n) is 4.98. The van der Waals surface area contributed by atoms with Crippen LogP contribution in [0.1, 0.15) is 23.9 Å². The first kappa shape index (κ1) is 13.6. The number of hydrogen-bond acceptors (Lipinski definition) is 4. The Morgan fingerprint density at radius 1 is 1.52 bits per heavy atom. The lowest BCUT2D eigenvalue weighted by molar-refractivity contribution is 0.118. The number of nitrogens with zero attached hydrogens (tertiary/aromatic N) is 3. The highest BCUT2D eigenvalue weighted by Crippen LogP contribution is 2.37. The highest BCUT2D eigenvalue weighted by atomic mass is 19.1. The quantitative estimate of drug-likeness (QED) is 0.941. The maximum atomic E-state index is 13.8. The van der Waals surface area contributed by atoms with E-state index in [1.165, 1.54) is 6.07 Å². The molecule has 1 unspecified atom stereocenters. The summed E-state index contributed by atoms with van der Waals surface area (Å²) in [6.45, 7) is 0.597. The van der Waals surface area contributed by atoms with Crippen molar-refractivity contribution >= 4 is 5.69 Å². The maximum absolute atomic E-state index is 13.8. The number of anilines is 1. The van der Waals surface area contributed by atoms with Gasteiger partial charge in [-0.2, -0.15) is 5.26 Å². The molecule has 1 aromatic carbocycles. The van der Waals surface area contributed by atoms with Gasteiger partial charge >= 0.3 is 0 Å². The molecule has 0 bridgehead atoms. The van der Waals surface area contributed by atoms with Gasteiger partial charge in [0.05, 0.1) is 17.8 Å². The standard InChI is InChI=1S/C15H15FN4O/c1-21-10-7-14(15-18-5-6-19-15)20(9-10)13-4-2-3-12(16)11(13)8-17/h2-6,10,14H,7,9H2,1H3,(H,18,19)/t10-,14?/m1/s1. The number of aromatic amines is 1. The molecule has 1 aromatic heterocycles. The summed E-state index contributed by atoms with van der Waals surface area (Å²) in [6, 6.07) is 6.57. The summed E-state index contributed by atoms with van der Waals surface area (Å²) in [5.74, 6) is 0.289. The fraction of sp³-hybridized carbons (Fsp3) is 0.333. The molecular weight excluding hydrogens is 271 g/mol. The van der Waals surface area contributed by atoms with Crippen LogP contribution in [0.15, 0.2) is 30.6 Å². The number of nitriles is 1. The molecule has 0 saturated carbocycles. The monoisotopic (exact) mass is 286 g/mol. The van der Waals surface area contributed by atoms with E-state index in [1.54, 1.807) is 31.6 Å². The zero-order chi connectivity index (χ0) is 14.8. The molecule has 21 heavy (non-hydrogen) atoms. The molecule has 0 amide bonds. The van der Waals surface area contributed by atoms with Gasteiger partial charge in [-0.05, 0) is 12.1 Å². The van der Waals surface area contributed by atoms with Gasteiger partial charge in [0, 0.05) is 32.5 Å². The molecule has 108 valence electrons. The zero-order valence-corrected chi connectivity index (χ0v) is 11.6. The maximum Gasteiger partial charge on any atom is 0.143 e. The van der Waals surface area contributed by atoms with Crippen molar-refractivity contribution in [3.05, 3.63) is 47.8 Å². The van der Waals surface area contributed by atoms with Gasteiger partial charge in [-0.25, -0.2) is 9.37 Å². The van der Waals surface area contributed by atoms with Crippen LogP contribution in [0.25, 0.3) is 0 Å². The lowest BCUT2D eigenvalue weighted by Gasteiger charge is -2.26. The number of H-pyrrole nitrogens is 1. The van der Waals surface area contributed by atoms with E-state index in [0.29, 0.717) is 12.2 Å². The van der Waals surface area contributed by atoms with Crippen molar-refractivity contribution in [1.29, 1.82) is 5.26 Å². The number of methoxy groups -OCH3 is 1. The average Bonchev–Trinajstić information content (AvgIpc) is 3.15. The van der Waals surface area contributed by atoms with Crippen LogP contribution in [0.5, 0.6) is 0 Å². The average molecular weight is 286 g/mol. The first-order valence-electron chi connectivity index (χ1n) is 6.72. The molecule has 5 nitrogen and oxygen atoms in total. The van der Waals surface area contributed by atoms with E-state index in [9.17, 15) is 9.65 Å². The third-order valence-corrected chi connectivity index (χ3v) is 3.84. The molecule has 1 aliphatic rings. The molecule has 1 saturated heterocycles. The number of imidazole rings is 1. The van der Waals surface area contributed by atoms with Crippen LogP contribution in [-0.4, -0.2) is 29.7 Å². The topological polar surface area (TPSA) is 64.9 Å². The van der Waals surface area contributed by atoms with Gasteiger partial charge in [-0.15, -0.1) is 0 Å². The van der Waals surface area contributed by atoms with Crippen molar-refractivity contribution in [1.82, 2.24) is 9.97 Å². The first-order chi connectivity index (χ1) is 10.2. The fourth-order valence-corrected chi connectivity index (χ4v) is 2.82. The minimum absolute atomic E-state index is 0.0231. The third-order valence-electron chi connectivity index (χ3n) is 3.84. The Kier molecular flexibility index (Phi) is 3.59. The van der Waals surface area contributed by atoms with Crippen LogP contribution >= 0.6 is 0 Å². The van der Waals surface area contributed by atoms with Crippen LogP contribution < -0.4 is 4.90 Å². The second-order valence-corrected chi connectivity index (χ2v) is 4.98. The molecule has 2 aromatic rings. The van der Waals surface area contributed by atoms with Gasteiger partial charge in [0.2, 0.25) is 0 Å². The second kappa shape index (κ2) is 5.54. The minimum Gasteiger partial charge on any atom is -0.380 e. The van der Waals surface area contributed by atoms with Gasteiger partial charge in [-0.1, -0.05) is 6.07 Å². The summed E-state index contributed by atoms with van der Waals surface area (Å²) in [5, 5.41) is 9.23. The highest BCUT2D eigenvalue weighted by molar-refractivity contribution is 5.61. The number of ether oxygens (including phenoxy) is 1. The van der Waals surface area contributed by atoms with Gasteiger partial charge in [0.15, 0.2) is 0 Å². The van der Waals surface area contributed by atoms with Crippen LogP contribution in [0.3, 0.4) is 0 Å². The first-order valence-corrected chi connectivity index (χ1v) is 6.72. The number of benzene rings is 1. The van der Waals surface area contributed by atoms with Crippen LogP contribution in [0.2, 0.25) is 0 Å². The van der Waals surface area contributed by atoms with Crippen molar-refractivity contribution < 1.29 is 9.13 Å². The summed E-state index contributed by atoms with van der Waals surface area (Å²) in [4.78, 5) is 9.36. The minimum atomic E-state index is -0.505. The predicted octanol–water partition coefficient (Wildman–Crippen LogP) is 2.39. The Morgan fingerprint density at radius 3 is 3.05 bits per heavy atom. The molecule has 1 aliphatic heterocycles. The number of hydrogen-bond donors (Lipinski definition) is 1. The van der Waals surface area contributed by atoms with Gasteiger partial charge < -0.3 is 14.6 Å². The Bertz CT molecular complexity index is 665. The van der Waals surface area contributed by atoms with Crippen molar-refractivity contribution in [3.8, 4) is 6.07 Å². The number of halogens is 1. The fourth-order valence-electron chi connectivity index (χ4n) is 2.82. The van der Waals surface area contributed by atoms with Crippen LogP contribution in [-0.2, 0) is 4.74 Å². The Balaban J connectivity index is 2.03. The van der Waals surface area contributed by atoms with Crippen molar-refractivity contribution in [2.24, 2.45) is 0 Å². The molecular formula is C15H15FN4O. The van der Waals surface area contributed by atoms with E-state index >= 15 is 0 Å². The number of aromatic nitrogens is 2.